The second-order valence-corrected chi connectivity index (χ2v) is 4.62. The summed E-state index contributed by atoms with van der Waals surface area (Å²) in [7, 11) is 0. The minimum absolute atomic E-state index is 0.125. The SMILES string of the molecule is Cc1cc2ccc(C(=O)CBr)cc2cc1C. The standard InChI is InChI=1S/C14H13BrO/c1-9-5-11-3-4-12(14(16)8-15)7-13(11)6-10(9)2/h3-7H,8H2,1-2H3. The first-order valence-electron chi connectivity index (χ1n) is 5.22. The highest BCUT2D eigenvalue weighted by atomic mass is 79.9. The van der Waals surface area contributed by atoms with Gasteiger partial charge in [-0.2, -0.15) is 0 Å². The molecule has 0 saturated carbocycles. The number of carbonyl (C=O) groups is 1. The van der Waals surface area contributed by atoms with Gasteiger partial charge in [0.25, 0.3) is 0 Å². The van der Waals surface area contributed by atoms with Gasteiger partial charge in [0.1, 0.15) is 0 Å². The first-order chi connectivity index (χ1) is 7.61. The summed E-state index contributed by atoms with van der Waals surface area (Å²) < 4.78 is 0. The summed E-state index contributed by atoms with van der Waals surface area (Å²) in [5, 5.41) is 2.70. The Kier molecular flexibility index (Phi) is 3.10. The molecule has 1 nitrogen and oxygen atoms in total. The quantitative estimate of drug-likeness (QED) is 0.598. The molecule has 2 rings (SSSR count). The predicted molar refractivity (Wildman–Crippen MR) is 71.5 cm³/mol. The van der Waals surface area contributed by atoms with Gasteiger partial charge in [0, 0.05) is 5.56 Å². The maximum Gasteiger partial charge on any atom is 0.173 e. The molecule has 0 aliphatic carbocycles. The average Bonchev–Trinajstić information content (AvgIpc) is 2.29. The highest BCUT2D eigenvalue weighted by molar-refractivity contribution is 9.09. The molecular weight excluding hydrogens is 264 g/mol. The number of alkyl halides is 1. The monoisotopic (exact) mass is 276 g/mol. The van der Waals surface area contributed by atoms with Crippen molar-refractivity contribution in [1.82, 2.24) is 0 Å². The van der Waals surface area contributed by atoms with Crippen LogP contribution in [0.2, 0.25) is 0 Å². The van der Waals surface area contributed by atoms with E-state index in [4.69, 9.17) is 0 Å². The topological polar surface area (TPSA) is 17.1 Å². The molecule has 0 amide bonds. The fourth-order valence-electron chi connectivity index (χ4n) is 1.78. The molecule has 0 aliphatic heterocycles. The zero-order valence-corrected chi connectivity index (χ0v) is 11.0. The lowest BCUT2D eigenvalue weighted by Crippen LogP contribution is -1.99. The number of hydrogen-bond acceptors (Lipinski definition) is 1. The number of carbonyl (C=O) groups excluding carboxylic acids is 1. The van der Waals surface area contributed by atoms with Gasteiger partial charge in [-0.1, -0.05) is 40.2 Å². The summed E-state index contributed by atoms with van der Waals surface area (Å²) in [5.41, 5.74) is 3.32. The molecule has 0 aromatic heterocycles. The molecule has 0 atom stereocenters. The Morgan fingerprint density at radius 3 is 2.31 bits per heavy atom. The van der Waals surface area contributed by atoms with Gasteiger partial charge in [0.05, 0.1) is 5.33 Å². The molecule has 0 unspecified atom stereocenters. The van der Waals surface area contributed by atoms with Crippen LogP contribution in [0.5, 0.6) is 0 Å². The van der Waals surface area contributed by atoms with E-state index in [1.807, 2.05) is 18.2 Å². The molecule has 0 fully saturated rings. The summed E-state index contributed by atoms with van der Waals surface area (Å²) in [6, 6.07) is 10.2. The second-order valence-electron chi connectivity index (χ2n) is 4.06. The van der Waals surface area contributed by atoms with Gasteiger partial charge >= 0.3 is 0 Å². The Hall–Kier alpha value is -1.15. The molecule has 2 aromatic rings. The van der Waals surface area contributed by atoms with Gasteiger partial charge in [-0.3, -0.25) is 4.79 Å². The van der Waals surface area contributed by atoms with Crippen molar-refractivity contribution >= 4 is 32.5 Å². The summed E-state index contributed by atoms with van der Waals surface area (Å²) in [5.74, 6) is 0.125. The van der Waals surface area contributed by atoms with Gasteiger partial charge in [-0.05, 0) is 41.8 Å². The van der Waals surface area contributed by atoms with Crippen molar-refractivity contribution in [2.24, 2.45) is 0 Å². The highest BCUT2D eigenvalue weighted by Crippen LogP contribution is 2.21. The van der Waals surface area contributed by atoms with E-state index in [-0.39, 0.29) is 5.78 Å². The fourth-order valence-corrected chi connectivity index (χ4v) is 2.10. The van der Waals surface area contributed by atoms with E-state index in [1.165, 1.54) is 16.5 Å². The van der Waals surface area contributed by atoms with Crippen LogP contribution in [0.1, 0.15) is 21.5 Å². The average molecular weight is 277 g/mol. The lowest BCUT2D eigenvalue weighted by molar-refractivity contribution is 0.102. The van der Waals surface area contributed by atoms with Crippen LogP contribution in [-0.2, 0) is 0 Å². The summed E-state index contributed by atoms with van der Waals surface area (Å²) in [4.78, 5) is 11.6. The van der Waals surface area contributed by atoms with Crippen LogP contribution in [0.15, 0.2) is 30.3 Å². The zero-order valence-electron chi connectivity index (χ0n) is 9.38. The van der Waals surface area contributed by atoms with Gasteiger partial charge in [-0.25, -0.2) is 0 Å². The molecule has 0 aliphatic rings. The predicted octanol–water partition coefficient (Wildman–Crippen LogP) is 4.03. The number of Topliss-reactive ketones (excluding diaryl/α,β-unsaturated/α-hetero) is 1. The smallest absolute Gasteiger partial charge is 0.173 e. The van der Waals surface area contributed by atoms with E-state index in [2.05, 4.69) is 41.9 Å². The minimum Gasteiger partial charge on any atom is -0.293 e. The highest BCUT2D eigenvalue weighted by Gasteiger charge is 2.05. The Labute approximate surface area is 104 Å². The molecule has 2 aromatic carbocycles. The molecular formula is C14H13BrO. The normalized spacial score (nSPS) is 10.7. The Morgan fingerprint density at radius 2 is 1.69 bits per heavy atom. The fraction of sp³-hybridized carbons (Fsp3) is 0.214. The van der Waals surface area contributed by atoms with Crippen molar-refractivity contribution in [3.8, 4) is 0 Å². The van der Waals surface area contributed by atoms with Crippen molar-refractivity contribution in [3.63, 3.8) is 0 Å². The summed E-state index contributed by atoms with van der Waals surface area (Å²) >= 11 is 3.19. The number of benzene rings is 2. The van der Waals surface area contributed by atoms with Gasteiger partial charge in [-0.15, -0.1) is 0 Å². The number of fused-ring (bicyclic) bond motifs is 1. The van der Waals surface area contributed by atoms with Crippen molar-refractivity contribution in [2.45, 2.75) is 13.8 Å². The molecule has 82 valence electrons. The van der Waals surface area contributed by atoms with Gasteiger partial charge in [0.2, 0.25) is 0 Å². The van der Waals surface area contributed by atoms with E-state index in [0.717, 1.165) is 10.9 Å². The van der Waals surface area contributed by atoms with Crippen LogP contribution in [0, 0.1) is 13.8 Å². The molecule has 0 saturated heterocycles. The van der Waals surface area contributed by atoms with Crippen LogP contribution in [0.25, 0.3) is 10.8 Å². The number of aryl methyl sites for hydroxylation is 2. The zero-order chi connectivity index (χ0) is 11.7. The van der Waals surface area contributed by atoms with Gasteiger partial charge in [0.15, 0.2) is 5.78 Å². The van der Waals surface area contributed by atoms with Crippen molar-refractivity contribution < 1.29 is 4.79 Å². The maximum atomic E-state index is 11.6. The summed E-state index contributed by atoms with van der Waals surface area (Å²) in [6.07, 6.45) is 0. The third kappa shape index (κ3) is 2.03. The number of halogens is 1. The molecule has 16 heavy (non-hydrogen) atoms. The lowest BCUT2D eigenvalue weighted by Gasteiger charge is -2.05. The van der Waals surface area contributed by atoms with Crippen LogP contribution in [0.4, 0.5) is 0 Å². The van der Waals surface area contributed by atoms with Crippen molar-refractivity contribution in [3.05, 3.63) is 47.0 Å². The van der Waals surface area contributed by atoms with E-state index in [9.17, 15) is 4.79 Å². The van der Waals surface area contributed by atoms with E-state index < -0.39 is 0 Å². The molecule has 2 heteroatoms. The molecule has 0 radical (unpaired) electrons. The van der Waals surface area contributed by atoms with Crippen molar-refractivity contribution in [2.75, 3.05) is 5.33 Å². The second kappa shape index (κ2) is 4.38. The number of rotatable bonds is 2. The summed E-state index contributed by atoms with van der Waals surface area (Å²) in [6.45, 7) is 4.19. The first kappa shape index (κ1) is 11.3. The number of ketones is 1. The molecule has 0 spiro atoms. The van der Waals surface area contributed by atoms with Crippen LogP contribution in [0.3, 0.4) is 0 Å². The Balaban J connectivity index is 2.62. The molecule has 0 heterocycles. The molecule has 0 bridgehead atoms. The van der Waals surface area contributed by atoms with Crippen LogP contribution < -0.4 is 0 Å². The third-order valence-electron chi connectivity index (χ3n) is 2.90. The van der Waals surface area contributed by atoms with Gasteiger partial charge < -0.3 is 0 Å². The third-order valence-corrected chi connectivity index (χ3v) is 3.41. The minimum atomic E-state index is 0.125. The van der Waals surface area contributed by atoms with Crippen LogP contribution >= 0.6 is 15.9 Å². The Morgan fingerprint density at radius 1 is 1.06 bits per heavy atom. The number of hydrogen-bond donors (Lipinski definition) is 0. The van der Waals surface area contributed by atoms with E-state index in [0.29, 0.717) is 5.33 Å². The van der Waals surface area contributed by atoms with Crippen molar-refractivity contribution in [1.29, 1.82) is 0 Å². The van der Waals surface area contributed by atoms with E-state index in [1.54, 1.807) is 0 Å². The lowest BCUT2D eigenvalue weighted by atomic mass is 10.00. The van der Waals surface area contributed by atoms with Crippen LogP contribution in [-0.4, -0.2) is 11.1 Å². The van der Waals surface area contributed by atoms with E-state index >= 15 is 0 Å². The largest absolute Gasteiger partial charge is 0.293 e. The maximum absolute atomic E-state index is 11.6. The molecule has 0 N–H and O–H groups in total. The Bertz CT molecular complexity index is 558. The first-order valence-corrected chi connectivity index (χ1v) is 6.34.